The number of hydrogen-bond donors (Lipinski definition) is 0. The number of ether oxygens (including phenoxy) is 3. The highest BCUT2D eigenvalue weighted by Gasteiger charge is 2.03. The Balaban J connectivity index is 2.32. The average molecular weight is 319 g/mol. The zero-order valence-corrected chi connectivity index (χ0v) is 12.4. The molecular formula is C12H19BrN2O3. The zero-order chi connectivity index (χ0) is 13.2. The number of rotatable bonds is 9. The molecule has 0 aliphatic heterocycles. The van der Waals surface area contributed by atoms with Gasteiger partial charge in [-0.3, -0.25) is 0 Å². The van der Waals surface area contributed by atoms with Gasteiger partial charge in [0, 0.05) is 19.6 Å². The quantitative estimate of drug-likeness (QED) is 0.516. The molecule has 0 saturated heterocycles. The molecule has 1 aromatic heterocycles. The lowest BCUT2D eigenvalue weighted by Crippen LogP contribution is -2.11. The maximum Gasteiger partial charge on any atom is 0.217 e. The van der Waals surface area contributed by atoms with Crippen LogP contribution >= 0.6 is 15.9 Å². The Morgan fingerprint density at radius 3 is 2.67 bits per heavy atom. The molecule has 0 spiro atoms. The number of aromatic nitrogens is 2. The summed E-state index contributed by atoms with van der Waals surface area (Å²) in [6.07, 6.45) is 1.86. The van der Waals surface area contributed by atoms with E-state index < -0.39 is 0 Å². The molecule has 0 bridgehead atoms. The third kappa shape index (κ3) is 6.28. The second-order valence-corrected chi connectivity index (χ2v) is 4.46. The van der Waals surface area contributed by atoms with Crippen LogP contribution in [0.3, 0.4) is 0 Å². The lowest BCUT2D eigenvalue weighted by molar-refractivity contribution is 0.0536. The van der Waals surface area contributed by atoms with Gasteiger partial charge >= 0.3 is 0 Å². The molecule has 0 radical (unpaired) electrons. The first-order chi connectivity index (χ1) is 8.76. The minimum atomic E-state index is 0.471. The maximum atomic E-state index is 5.51. The smallest absolute Gasteiger partial charge is 0.217 e. The van der Waals surface area contributed by atoms with E-state index >= 15 is 0 Å². The summed E-state index contributed by atoms with van der Waals surface area (Å²) in [5.74, 6) is 1.37. The van der Waals surface area contributed by atoms with E-state index in [1.807, 2.05) is 0 Å². The van der Waals surface area contributed by atoms with Gasteiger partial charge in [0.25, 0.3) is 0 Å². The number of nitrogens with zero attached hydrogens (tertiary/aromatic N) is 2. The summed E-state index contributed by atoms with van der Waals surface area (Å²) in [5.41, 5.74) is 0. The topological polar surface area (TPSA) is 53.5 Å². The number of halogens is 1. The SMILES string of the molecule is CCCc1nc(Br)cc(OCCOCCOC)n1. The monoisotopic (exact) mass is 318 g/mol. The fourth-order valence-corrected chi connectivity index (χ4v) is 1.70. The van der Waals surface area contributed by atoms with Gasteiger partial charge in [-0.25, -0.2) is 4.98 Å². The second kappa shape index (κ2) is 9.24. The van der Waals surface area contributed by atoms with Crippen LogP contribution in [0.4, 0.5) is 0 Å². The fraction of sp³-hybridized carbons (Fsp3) is 0.667. The average Bonchev–Trinajstić information content (AvgIpc) is 2.33. The van der Waals surface area contributed by atoms with Crippen molar-refractivity contribution in [2.24, 2.45) is 0 Å². The van der Waals surface area contributed by atoms with E-state index in [1.165, 1.54) is 0 Å². The molecule has 0 aromatic carbocycles. The summed E-state index contributed by atoms with van der Waals surface area (Å²) in [7, 11) is 1.65. The van der Waals surface area contributed by atoms with E-state index in [1.54, 1.807) is 13.2 Å². The molecule has 1 rings (SSSR count). The molecule has 0 saturated carbocycles. The van der Waals surface area contributed by atoms with Gasteiger partial charge < -0.3 is 14.2 Å². The standard InChI is InChI=1S/C12H19BrN2O3/c1-3-4-11-14-10(13)9-12(15-11)18-8-7-17-6-5-16-2/h9H,3-8H2,1-2H3. The molecule has 5 nitrogen and oxygen atoms in total. The van der Waals surface area contributed by atoms with Crippen LogP contribution in [0.5, 0.6) is 5.88 Å². The molecule has 0 amide bonds. The molecular weight excluding hydrogens is 300 g/mol. The van der Waals surface area contributed by atoms with Crippen LogP contribution in [0.25, 0.3) is 0 Å². The third-order valence-electron chi connectivity index (χ3n) is 2.10. The van der Waals surface area contributed by atoms with E-state index in [-0.39, 0.29) is 0 Å². The summed E-state index contributed by atoms with van der Waals surface area (Å²) in [5, 5.41) is 0. The van der Waals surface area contributed by atoms with Gasteiger partial charge in [-0.1, -0.05) is 6.92 Å². The Morgan fingerprint density at radius 2 is 1.94 bits per heavy atom. The molecule has 0 unspecified atom stereocenters. The maximum absolute atomic E-state index is 5.51. The minimum absolute atomic E-state index is 0.471. The molecule has 0 N–H and O–H groups in total. The van der Waals surface area contributed by atoms with Gasteiger partial charge in [0.15, 0.2) is 0 Å². The summed E-state index contributed by atoms with van der Waals surface area (Å²) in [6.45, 7) is 4.26. The first-order valence-corrected chi connectivity index (χ1v) is 6.78. The Bertz CT molecular complexity index is 350. The summed E-state index contributed by atoms with van der Waals surface area (Å²) in [6, 6.07) is 1.76. The molecule has 0 aliphatic rings. The number of aryl methyl sites for hydroxylation is 1. The third-order valence-corrected chi connectivity index (χ3v) is 2.51. The first kappa shape index (κ1) is 15.3. The molecule has 1 heterocycles. The van der Waals surface area contributed by atoms with E-state index in [2.05, 4.69) is 32.8 Å². The highest BCUT2D eigenvalue weighted by molar-refractivity contribution is 9.10. The number of methoxy groups -OCH3 is 1. The van der Waals surface area contributed by atoms with E-state index in [4.69, 9.17) is 14.2 Å². The molecule has 0 atom stereocenters. The lowest BCUT2D eigenvalue weighted by atomic mass is 10.3. The minimum Gasteiger partial charge on any atom is -0.475 e. The van der Waals surface area contributed by atoms with Crippen LogP contribution in [-0.2, 0) is 15.9 Å². The molecule has 0 aliphatic carbocycles. The Hall–Kier alpha value is -0.720. The lowest BCUT2D eigenvalue weighted by Gasteiger charge is -2.07. The molecule has 102 valence electrons. The van der Waals surface area contributed by atoms with Crippen molar-refractivity contribution in [1.82, 2.24) is 9.97 Å². The van der Waals surface area contributed by atoms with Gasteiger partial charge in [-0.05, 0) is 22.4 Å². The zero-order valence-electron chi connectivity index (χ0n) is 10.8. The van der Waals surface area contributed by atoms with Crippen LogP contribution in [0.2, 0.25) is 0 Å². The van der Waals surface area contributed by atoms with Gasteiger partial charge in [-0.2, -0.15) is 4.98 Å². The Morgan fingerprint density at radius 1 is 1.17 bits per heavy atom. The van der Waals surface area contributed by atoms with Crippen molar-refractivity contribution in [3.8, 4) is 5.88 Å². The summed E-state index contributed by atoms with van der Waals surface area (Å²) < 4.78 is 16.4. The van der Waals surface area contributed by atoms with Crippen molar-refractivity contribution >= 4 is 15.9 Å². The molecule has 0 fully saturated rings. The van der Waals surface area contributed by atoms with E-state index in [0.29, 0.717) is 32.3 Å². The van der Waals surface area contributed by atoms with Crippen LogP contribution in [0.1, 0.15) is 19.2 Å². The summed E-state index contributed by atoms with van der Waals surface area (Å²) >= 11 is 3.35. The molecule has 1 aromatic rings. The van der Waals surface area contributed by atoms with Crippen molar-refractivity contribution in [2.75, 3.05) is 33.5 Å². The normalized spacial score (nSPS) is 10.6. The van der Waals surface area contributed by atoms with Crippen molar-refractivity contribution in [2.45, 2.75) is 19.8 Å². The molecule has 6 heteroatoms. The van der Waals surface area contributed by atoms with Crippen LogP contribution in [0, 0.1) is 0 Å². The predicted molar refractivity (Wildman–Crippen MR) is 71.9 cm³/mol. The van der Waals surface area contributed by atoms with Gasteiger partial charge in [0.2, 0.25) is 5.88 Å². The van der Waals surface area contributed by atoms with Crippen LogP contribution < -0.4 is 4.74 Å². The molecule has 18 heavy (non-hydrogen) atoms. The highest BCUT2D eigenvalue weighted by Crippen LogP contribution is 2.15. The van der Waals surface area contributed by atoms with Crippen molar-refractivity contribution < 1.29 is 14.2 Å². The summed E-state index contributed by atoms with van der Waals surface area (Å²) in [4.78, 5) is 8.58. The Labute approximate surface area is 116 Å². The van der Waals surface area contributed by atoms with Crippen molar-refractivity contribution in [3.63, 3.8) is 0 Å². The van der Waals surface area contributed by atoms with Crippen molar-refractivity contribution in [1.29, 1.82) is 0 Å². The van der Waals surface area contributed by atoms with E-state index in [9.17, 15) is 0 Å². The fourth-order valence-electron chi connectivity index (χ4n) is 1.30. The Kier molecular flexibility index (Phi) is 7.88. The van der Waals surface area contributed by atoms with Gasteiger partial charge in [0.1, 0.15) is 17.0 Å². The van der Waals surface area contributed by atoms with Crippen LogP contribution in [-0.4, -0.2) is 43.5 Å². The largest absolute Gasteiger partial charge is 0.475 e. The van der Waals surface area contributed by atoms with Crippen LogP contribution in [0.15, 0.2) is 10.7 Å². The number of hydrogen-bond acceptors (Lipinski definition) is 5. The van der Waals surface area contributed by atoms with E-state index in [0.717, 1.165) is 23.3 Å². The highest BCUT2D eigenvalue weighted by atomic mass is 79.9. The second-order valence-electron chi connectivity index (χ2n) is 3.65. The van der Waals surface area contributed by atoms with Gasteiger partial charge in [-0.15, -0.1) is 0 Å². The van der Waals surface area contributed by atoms with Crippen molar-refractivity contribution in [3.05, 3.63) is 16.5 Å². The first-order valence-electron chi connectivity index (χ1n) is 5.99. The predicted octanol–water partition coefficient (Wildman–Crippen LogP) is 2.23. The van der Waals surface area contributed by atoms with Gasteiger partial charge in [0.05, 0.1) is 19.8 Å².